The molecule has 1 aliphatic rings. The van der Waals surface area contributed by atoms with Crippen molar-refractivity contribution >= 4 is 22.0 Å². The molecule has 0 unspecified atom stereocenters. The first-order valence-corrected chi connectivity index (χ1v) is 4.93. The Morgan fingerprint density at radius 1 is 1.73 bits per heavy atom. The maximum atomic E-state index is 10.6. The highest BCUT2D eigenvalue weighted by atomic mass is 79.9. The standard InChI is InChI=1S/C7H12BrNO2/c8-4-3-6-2-1-5-9(6)7(10)11/h6H,1-5H2,(H,10,11)/t6-/m0/s1. The van der Waals surface area contributed by atoms with Gasteiger partial charge in [-0.05, 0) is 19.3 Å². The van der Waals surface area contributed by atoms with Crippen LogP contribution in [0, 0.1) is 0 Å². The van der Waals surface area contributed by atoms with E-state index in [1.165, 1.54) is 0 Å². The molecule has 0 radical (unpaired) electrons. The number of amides is 1. The van der Waals surface area contributed by atoms with Gasteiger partial charge in [-0.2, -0.15) is 0 Å². The second-order valence-corrected chi connectivity index (χ2v) is 3.54. The molecular weight excluding hydrogens is 210 g/mol. The van der Waals surface area contributed by atoms with Crippen LogP contribution in [0.3, 0.4) is 0 Å². The van der Waals surface area contributed by atoms with Gasteiger partial charge in [-0.3, -0.25) is 0 Å². The zero-order chi connectivity index (χ0) is 8.27. The van der Waals surface area contributed by atoms with Crippen LogP contribution in [0.5, 0.6) is 0 Å². The van der Waals surface area contributed by atoms with Gasteiger partial charge in [0.1, 0.15) is 0 Å². The van der Waals surface area contributed by atoms with Crippen molar-refractivity contribution in [2.75, 3.05) is 11.9 Å². The van der Waals surface area contributed by atoms with Crippen molar-refractivity contribution in [1.82, 2.24) is 4.90 Å². The van der Waals surface area contributed by atoms with Gasteiger partial charge in [0.2, 0.25) is 0 Å². The molecule has 3 nitrogen and oxygen atoms in total. The van der Waals surface area contributed by atoms with Crippen molar-refractivity contribution in [3.05, 3.63) is 0 Å². The molecule has 0 aromatic heterocycles. The molecule has 0 aliphatic carbocycles. The molecule has 0 spiro atoms. The summed E-state index contributed by atoms with van der Waals surface area (Å²) >= 11 is 3.32. The largest absolute Gasteiger partial charge is 0.465 e. The van der Waals surface area contributed by atoms with Crippen LogP contribution < -0.4 is 0 Å². The van der Waals surface area contributed by atoms with Gasteiger partial charge in [-0.25, -0.2) is 4.79 Å². The molecule has 0 aromatic carbocycles. The summed E-state index contributed by atoms with van der Waals surface area (Å²) in [4.78, 5) is 12.1. The van der Waals surface area contributed by atoms with Crippen molar-refractivity contribution in [3.8, 4) is 0 Å². The fourth-order valence-corrected chi connectivity index (χ4v) is 2.04. The number of rotatable bonds is 2. The lowest BCUT2D eigenvalue weighted by molar-refractivity contribution is 0.139. The topological polar surface area (TPSA) is 40.5 Å². The maximum absolute atomic E-state index is 10.6. The van der Waals surface area contributed by atoms with Crippen molar-refractivity contribution in [1.29, 1.82) is 0 Å². The number of hydrogen-bond acceptors (Lipinski definition) is 1. The predicted molar refractivity (Wildman–Crippen MR) is 46.2 cm³/mol. The van der Waals surface area contributed by atoms with Gasteiger partial charge in [0, 0.05) is 17.9 Å². The summed E-state index contributed by atoms with van der Waals surface area (Å²) in [6, 6.07) is 0.256. The summed E-state index contributed by atoms with van der Waals surface area (Å²) in [5.41, 5.74) is 0. The minimum atomic E-state index is -0.770. The van der Waals surface area contributed by atoms with Crippen molar-refractivity contribution in [3.63, 3.8) is 0 Å². The molecule has 1 amide bonds. The van der Waals surface area contributed by atoms with E-state index < -0.39 is 6.09 Å². The average Bonchev–Trinajstić information content (AvgIpc) is 2.36. The van der Waals surface area contributed by atoms with Crippen LogP contribution in [0.2, 0.25) is 0 Å². The van der Waals surface area contributed by atoms with E-state index in [0.717, 1.165) is 24.6 Å². The van der Waals surface area contributed by atoms with Crippen LogP contribution in [0.25, 0.3) is 0 Å². The van der Waals surface area contributed by atoms with E-state index in [-0.39, 0.29) is 6.04 Å². The molecule has 1 rings (SSSR count). The third-order valence-electron chi connectivity index (χ3n) is 2.07. The van der Waals surface area contributed by atoms with Crippen molar-refractivity contribution in [2.45, 2.75) is 25.3 Å². The Hall–Kier alpha value is -0.250. The average molecular weight is 222 g/mol. The number of alkyl halides is 1. The second kappa shape index (κ2) is 3.95. The molecule has 0 bridgehead atoms. The summed E-state index contributed by atoms with van der Waals surface area (Å²) in [6.45, 7) is 0.715. The molecular formula is C7H12BrNO2. The van der Waals surface area contributed by atoms with Gasteiger partial charge in [0.25, 0.3) is 0 Å². The molecule has 1 heterocycles. The Balaban J connectivity index is 2.44. The minimum Gasteiger partial charge on any atom is -0.465 e. The number of hydrogen-bond donors (Lipinski definition) is 1. The number of halogens is 1. The van der Waals surface area contributed by atoms with E-state index in [9.17, 15) is 4.79 Å². The normalized spacial score (nSPS) is 24.1. The Morgan fingerprint density at radius 2 is 2.45 bits per heavy atom. The monoisotopic (exact) mass is 221 g/mol. The first-order chi connectivity index (χ1) is 5.25. The van der Waals surface area contributed by atoms with E-state index >= 15 is 0 Å². The summed E-state index contributed by atoms with van der Waals surface area (Å²) in [6.07, 6.45) is 2.21. The maximum Gasteiger partial charge on any atom is 0.407 e. The zero-order valence-corrected chi connectivity index (χ0v) is 7.88. The molecule has 1 aliphatic heterocycles. The van der Waals surface area contributed by atoms with Crippen molar-refractivity contribution in [2.24, 2.45) is 0 Å². The van der Waals surface area contributed by atoms with E-state index in [1.807, 2.05) is 0 Å². The molecule has 4 heteroatoms. The lowest BCUT2D eigenvalue weighted by Gasteiger charge is -2.20. The second-order valence-electron chi connectivity index (χ2n) is 2.75. The SMILES string of the molecule is O=C(O)N1CCC[C@H]1CCBr. The van der Waals surface area contributed by atoms with E-state index in [4.69, 9.17) is 5.11 Å². The number of nitrogens with zero attached hydrogens (tertiary/aromatic N) is 1. The van der Waals surface area contributed by atoms with Gasteiger partial charge in [-0.15, -0.1) is 0 Å². The van der Waals surface area contributed by atoms with Crippen LogP contribution >= 0.6 is 15.9 Å². The van der Waals surface area contributed by atoms with Gasteiger partial charge >= 0.3 is 6.09 Å². The van der Waals surface area contributed by atoms with Gasteiger partial charge in [0.05, 0.1) is 0 Å². The fourth-order valence-electron chi connectivity index (χ4n) is 1.51. The highest BCUT2D eigenvalue weighted by Crippen LogP contribution is 2.20. The number of carboxylic acid groups (broad SMARTS) is 1. The predicted octanol–water partition coefficient (Wildman–Crippen LogP) is 1.91. The van der Waals surface area contributed by atoms with E-state index in [2.05, 4.69) is 15.9 Å². The molecule has 1 N–H and O–H groups in total. The third-order valence-corrected chi connectivity index (χ3v) is 2.52. The highest BCUT2D eigenvalue weighted by molar-refractivity contribution is 9.09. The molecule has 0 saturated carbocycles. The van der Waals surface area contributed by atoms with E-state index in [1.54, 1.807) is 4.90 Å². The number of carbonyl (C=O) groups is 1. The quantitative estimate of drug-likeness (QED) is 0.725. The smallest absolute Gasteiger partial charge is 0.407 e. The summed E-state index contributed by atoms with van der Waals surface area (Å²) in [7, 11) is 0. The van der Waals surface area contributed by atoms with Crippen LogP contribution in [-0.2, 0) is 0 Å². The van der Waals surface area contributed by atoms with Crippen LogP contribution in [-0.4, -0.2) is 34.0 Å². The molecule has 1 saturated heterocycles. The zero-order valence-electron chi connectivity index (χ0n) is 6.29. The van der Waals surface area contributed by atoms with Gasteiger partial charge in [-0.1, -0.05) is 15.9 Å². The van der Waals surface area contributed by atoms with Crippen LogP contribution in [0.15, 0.2) is 0 Å². The Morgan fingerprint density at radius 3 is 3.00 bits per heavy atom. The van der Waals surface area contributed by atoms with Gasteiger partial charge in [0.15, 0.2) is 0 Å². The Labute approximate surface area is 74.5 Å². The van der Waals surface area contributed by atoms with Crippen LogP contribution in [0.1, 0.15) is 19.3 Å². The minimum absolute atomic E-state index is 0.256. The Bertz CT molecular complexity index is 151. The van der Waals surface area contributed by atoms with E-state index in [0.29, 0.717) is 6.54 Å². The molecule has 64 valence electrons. The summed E-state index contributed by atoms with van der Waals surface area (Å²) in [5.74, 6) is 0. The lowest BCUT2D eigenvalue weighted by atomic mass is 10.2. The van der Waals surface area contributed by atoms with Crippen molar-refractivity contribution < 1.29 is 9.90 Å². The lowest BCUT2D eigenvalue weighted by Crippen LogP contribution is -2.34. The third kappa shape index (κ3) is 2.09. The van der Waals surface area contributed by atoms with Crippen LogP contribution in [0.4, 0.5) is 4.79 Å². The highest BCUT2D eigenvalue weighted by Gasteiger charge is 2.27. The molecule has 1 atom stereocenters. The molecule has 11 heavy (non-hydrogen) atoms. The van der Waals surface area contributed by atoms with Gasteiger partial charge < -0.3 is 10.0 Å². The summed E-state index contributed by atoms with van der Waals surface area (Å²) < 4.78 is 0. The number of likely N-dealkylation sites (tertiary alicyclic amines) is 1. The molecule has 1 fully saturated rings. The first-order valence-electron chi connectivity index (χ1n) is 3.81. The Kier molecular flexibility index (Phi) is 3.17. The summed E-state index contributed by atoms with van der Waals surface area (Å²) in [5, 5.41) is 9.61. The first kappa shape index (κ1) is 8.84. The fraction of sp³-hybridized carbons (Fsp3) is 0.857. The molecule has 0 aromatic rings.